The molecule has 0 radical (unpaired) electrons. The van der Waals surface area contributed by atoms with E-state index in [1.165, 1.54) is 11.1 Å². The van der Waals surface area contributed by atoms with Gasteiger partial charge < -0.3 is 5.32 Å². The van der Waals surface area contributed by atoms with E-state index in [1.807, 2.05) is 18.5 Å². The summed E-state index contributed by atoms with van der Waals surface area (Å²) in [6, 6.07) is 18.8. The highest BCUT2D eigenvalue weighted by Crippen LogP contribution is 2.18. The zero-order valence-electron chi connectivity index (χ0n) is 12.7. The van der Waals surface area contributed by atoms with Crippen molar-refractivity contribution in [3.8, 4) is 11.1 Å². The number of benzene rings is 2. The Morgan fingerprint density at radius 2 is 1.50 bits per heavy atom. The molecule has 110 valence electrons. The summed E-state index contributed by atoms with van der Waals surface area (Å²) in [6.45, 7) is 2.91. The van der Waals surface area contributed by atoms with Crippen molar-refractivity contribution in [3.63, 3.8) is 0 Å². The number of hydrogen-bond acceptors (Lipinski definition) is 3. The number of nitrogens with zero attached hydrogens (tertiary/aromatic N) is 2. The van der Waals surface area contributed by atoms with E-state index in [9.17, 15) is 0 Å². The topological polar surface area (TPSA) is 37.8 Å². The van der Waals surface area contributed by atoms with Crippen molar-refractivity contribution in [1.29, 1.82) is 0 Å². The monoisotopic (exact) mass is 289 g/mol. The normalized spacial score (nSPS) is 10.4. The Hall–Kier alpha value is -2.68. The minimum atomic E-state index is 0.673. The van der Waals surface area contributed by atoms with Crippen LogP contribution in [-0.2, 0) is 6.42 Å². The molecule has 0 unspecified atom stereocenters. The van der Waals surface area contributed by atoms with E-state index in [0.717, 1.165) is 24.1 Å². The summed E-state index contributed by atoms with van der Waals surface area (Å²) in [6.07, 6.45) is 4.69. The Morgan fingerprint density at radius 1 is 0.818 bits per heavy atom. The lowest BCUT2D eigenvalue weighted by Gasteiger charge is -2.06. The van der Waals surface area contributed by atoms with Crippen molar-refractivity contribution in [2.75, 3.05) is 11.9 Å². The maximum Gasteiger partial charge on any atom is 0.222 e. The van der Waals surface area contributed by atoms with Gasteiger partial charge in [0.05, 0.1) is 0 Å². The van der Waals surface area contributed by atoms with E-state index in [-0.39, 0.29) is 0 Å². The first-order valence-electron chi connectivity index (χ1n) is 7.48. The highest BCUT2D eigenvalue weighted by molar-refractivity contribution is 5.62. The largest absolute Gasteiger partial charge is 0.354 e. The SMILES string of the molecule is Cc1ccc(-c2cnc(NCCc3ccccc3)nc2)cc1. The number of anilines is 1. The van der Waals surface area contributed by atoms with E-state index in [4.69, 9.17) is 0 Å². The predicted octanol–water partition coefficient (Wildman–Crippen LogP) is 4.11. The van der Waals surface area contributed by atoms with E-state index < -0.39 is 0 Å². The van der Waals surface area contributed by atoms with Crippen LogP contribution in [0.2, 0.25) is 0 Å². The van der Waals surface area contributed by atoms with Crippen LogP contribution in [0.25, 0.3) is 11.1 Å². The molecule has 0 aliphatic rings. The third-order valence-corrected chi connectivity index (χ3v) is 3.58. The molecule has 2 aromatic carbocycles. The lowest BCUT2D eigenvalue weighted by Crippen LogP contribution is -2.07. The van der Waals surface area contributed by atoms with Gasteiger partial charge in [-0.15, -0.1) is 0 Å². The molecular formula is C19H19N3. The number of nitrogens with one attached hydrogen (secondary N) is 1. The fourth-order valence-electron chi connectivity index (χ4n) is 2.28. The molecule has 1 N–H and O–H groups in total. The molecule has 22 heavy (non-hydrogen) atoms. The van der Waals surface area contributed by atoms with Crippen LogP contribution in [0.4, 0.5) is 5.95 Å². The molecule has 0 spiro atoms. The molecule has 1 aromatic heterocycles. The molecule has 3 rings (SSSR count). The first-order valence-corrected chi connectivity index (χ1v) is 7.48. The fraction of sp³-hybridized carbons (Fsp3) is 0.158. The first-order chi connectivity index (χ1) is 10.8. The van der Waals surface area contributed by atoms with Gasteiger partial charge in [0.15, 0.2) is 0 Å². The average Bonchev–Trinajstić information content (AvgIpc) is 2.57. The second kappa shape index (κ2) is 6.85. The Labute approximate surface area is 131 Å². The van der Waals surface area contributed by atoms with Crippen molar-refractivity contribution < 1.29 is 0 Å². The zero-order chi connectivity index (χ0) is 15.2. The third kappa shape index (κ3) is 3.70. The number of rotatable bonds is 5. The van der Waals surface area contributed by atoms with Crippen LogP contribution in [0.15, 0.2) is 67.0 Å². The molecule has 0 saturated heterocycles. The van der Waals surface area contributed by atoms with Gasteiger partial charge in [-0.2, -0.15) is 0 Å². The highest BCUT2D eigenvalue weighted by Gasteiger charge is 2.00. The summed E-state index contributed by atoms with van der Waals surface area (Å²) in [5.74, 6) is 0.673. The molecule has 0 saturated carbocycles. The lowest BCUT2D eigenvalue weighted by molar-refractivity contribution is 0.984. The first kappa shape index (κ1) is 14.3. The summed E-state index contributed by atoms with van der Waals surface area (Å²) in [4.78, 5) is 8.77. The molecule has 3 heteroatoms. The van der Waals surface area contributed by atoms with Crippen LogP contribution >= 0.6 is 0 Å². The molecule has 0 amide bonds. The second-order valence-electron chi connectivity index (χ2n) is 5.32. The Bertz CT molecular complexity index is 704. The number of aryl methyl sites for hydroxylation is 1. The molecule has 1 heterocycles. The highest BCUT2D eigenvalue weighted by atomic mass is 15.1. The van der Waals surface area contributed by atoms with Crippen molar-refractivity contribution >= 4 is 5.95 Å². The smallest absolute Gasteiger partial charge is 0.222 e. The van der Waals surface area contributed by atoms with Gasteiger partial charge in [0, 0.05) is 24.5 Å². The van der Waals surface area contributed by atoms with Gasteiger partial charge in [0.25, 0.3) is 0 Å². The molecule has 0 atom stereocenters. The molecule has 0 aliphatic heterocycles. The molecular weight excluding hydrogens is 270 g/mol. The number of aromatic nitrogens is 2. The van der Waals surface area contributed by atoms with Crippen molar-refractivity contribution in [2.45, 2.75) is 13.3 Å². The van der Waals surface area contributed by atoms with Crippen LogP contribution in [0.3, 0.4) is 0 Å². The Morgan fingerprint density at radius 3 is 2.18 bits per heavy atom. The van der Waals surface area contributed by atoms with Crippen LogP contribution in [0.5, 0.6) is 0 Å². The van der Waals surface area contributed by atoms with E-state index >= 15 is 0 Å². The molecule has 0 fully saturated rings. The quantitative estimate of drug-likeness (QED) is 0.768. The van der Waals surface area contributed by atoms with Crippen molar-refractivity contribution in [1.82, 2.24) is 9.97 Å². The summed E-state index contributed by atoms with van der Waals surface area (Å²) in [7, 11) is 0. The van der Waals surface area contributed by atoms with Gasteiger partial charge in [-0.1, -0.05) is 60.2 Å². The molecule has 3 nitrogen and oxygen atoms in total. The summed E-state index contributed by atoms with van der Waals surface area (Å²) in [5.41, 5.74) is 4.74. The molecule has 0 bridgehead atoms. The summed E-state index contributed by atoms with van der Waals surface area (Å²) >= 11 is 0. The van der Waals surface area contributed by atoms with Crippen molar-refractivity contribution in [2.24, 2.45) is 0 Å². The predicted molar refractivity (Wildman–Crippen MR) is 90.8 cm³/mol. The van der Waals surface area contributed by atoms with E-state index in [2.05, 4.69) is 70.7 Å². The minimum absolute atomic E-state index is 0.673. The second-order valence-corrected chi connectivity index (χ2v) is 5.32. The molecule has 3 aromatic rings. The molecule has 0 aliphatic carbocycles. The standard InChI is InChI=1S/C19H19N3/c1-15-7-9-17(10-8-15)18-13-21-19(22-14-18)20-12-11-16-5-3-2-4-6-16/h2-10,13-14H,11-12H2,1H3,(H,20,21,22). The van der Waals surface area contributed by atoms with Crippen molar-refractivity contribution in [3.05, 3.63) is 78.1 Å². The lowest BCUT2D eigenvalue weighted by atomic mass is 10.1. The van der Waals surface area contributed by atoms with Crippen LogP contribution in [0.1, 0.15) is 11.1 Å². The van der Waals surface area contributed by atoms with Gasteiger partial charge >= 0.3 is 0 Å². The van der Waals surface area contributed by atoms with Gasteiger partial charge in [0.2, 0.25) is 5.95 Å². The Kier molecular flexibility index (Phi) is 4.44. The van der Waals surface area contributed by atoms with E-state index in [0.29, 0.717) is 5.95 Å². The van der Waals surface area contributed by atoms with Crippen LogP contribution < -0.4 is 5.32 Å². The fourth-order valence-corrected chi connectivity index (χ4v) is 2.28. The van der Waals surface area contributed by atoms with E-state index in [1.54, 1.807) is 0 Å². The number of hydrogen-bond donors (Lipinski definition) is 1. The van der Waals surface area contributed by atoms with Gasteiger partial charge in [-0.05, 0) is 24.5 Å². The van der Waals surface area contributed by atoms with Gasteiger partial charge in [-0.25, -0.2) is 9.97 Å². The summed E-state index contributed by atoms with van der Waals surface area (Å²) in [5, 5.41) is 3.26. The third-order valence-electron chi connectivity index (χ3n) is 3.58. The van der Waals surface area contributed by atoms with Crippen LogP contribution in [0, 0.1) is 6.92 Å². The Balaban J connectivity index is 1.58. The average molecular weight is 289 g/mol. The zero-order valence-corrected chi connectivity index (χ0v) is 12.7. The van der Waals surface area contributed by atoms with Gasteiger partial charge in [-0.3, -0.25) is 0 Å². The minimum Gasteiger partial charge on any atom is -0.354 e. The maximum atomic E-state index is 4.39. The van der Waals surface area contributed by atoms with Crippen LogP contribution in [-0.4, -0.2) is 16.5 Å². The van der Waals surface area contributed by atoms with Gasteiger partial charge in [0.1, 0.15) is 0 Å². The summed E-state index contributed by atoms with van der Waals surface area (Å²) < 4.78 is 0. The maximum absolute atomic E-state index is 4.39.